The van der Waals surface area contributed by atoms with Crippen LogP contribution in [0, 0.1) is 60.8 Å². The number of hydrogen-bond donors (Lipinski definition) is 0. The van der Waals surface area contributed by atoms with Crippen LogP contribution in [-0.2, 0) is 58.9 Å². The molecule has 4 saturated heterocycles. The minimum atomic E-state index is -0.557. The Kier molecular flexibility index (Phi) is 25.1. The molecule has 0 bridgehead atoms. The van der Waals surface area contributed by atoms with Gasteiger partial charge in [-0.05, 0) is 504 Å². The average Bonchev–Trinajstić information content (AvgIpc) is 1.64. The van der Waals surface area contributed by atoms with Crippen molar-refractivity contribution in [3.05, 3.63) is 285 Å². The summed E-state index contributed by atoms with van der Waals surface area (Å²) >= 11 is 0. The van der Waals surface area contributed by atoms with Crippen molar-refractivity contribution in [1.29, 1.82) is 0 Å². The van der Waals surface area contributed by atoms with Gasteiger partial charge in [0, 0.05) is 0 Å². The standard InChI is InChI=1S/C68H76.C44H56B4O8.C20H12.C5H12/c1-37-21-51(65(9,10)11)22-38(2)59(37)47-29-45-30-48(60-39(3)23-52(24-40(60)4)66(12,13)14)35-57-58-36-50(62-43(7)27-54(28-44(62)8)68(18,19)20)32-46-31-49(34-56(64(46)58)55(33-47)63(45)57)61-41(5)25-53(26-42(61)6)67(15,16)17;1-37(2)38(3,4)50-45(49-37)27-17-25-18-28(46-51-39(5,6)40(7,8)52-46)23-33-34-24-30(48-55-43(13,14)44(15,16)56-48)20-26-19-29(47-53-41(9,10)42(11,12)54-47)22-32(36(26)34)31(21-27)35(25)33;1-5-13-6-2-11-17-18-12-4-8-14-7-3-10-16(20(14)18)15(9-1)19(13)17;1-5(2,3)4/h21-36H,1-20H3;17-24H,1-16H3;1-12H;1-4H3. The summed E-state index contributed by atoms with van der Waals surface area (Å²) in [7, 11) is -2.23. The van der Waals surface area contributed by atoms with Crippen molar-refractivity contribution >= 4 is 180 Å². The van der Waals surface area contributed by atoms with Crippen LogP contribution in [0.3, 0.4) is 0 Å². The van der Waals surface area contributed by atoms with E-state index in [4.69, 9.17) is 37.2 Å². The molecule has 12 heteroatoms. The summed E-state index contributed by atoms with van der Waals surface area (Å²) in [5, 5.41) is 30.2. The largest absolute Gasteiger partial charge is 0.494 e. The van der Waals surface area contributed by atoms with Crippen molar-refractivity contribution in [2.45, 2.75) is 343 Å². The molecule has 0 amide bonds. The van der Waals surface area contributed by atoms with Crippen LogP contribution in [0.5, 0.6) is 0 Å². The van der Waals surface area contributed by atoms with Crippen LogP contribution in [0.15, 0.2) is 218 Å². The molecule has 19 aromatic carbocycles. The van der Waals surface area contributed by atoms with Crippen molar-refractivity contribution in [2.75, 3.05) is 0 Å². The molecule has 4 fully saturated rings. The normalized spacial score (nSPS) is 17.6. The Morgan fingerprint density at radius 1 is 0.174 bits per heavy atom. The molecule has 4 heterocycles. The monoisotopic (exact) mass is 1970 g/mol. The maximum absolute atomic E-state index is 6.69. The minimum Gasteiger partial charge on any atom is -0.399 e. The van der Waals surface area contributed by atoms with Crippen LogP contribution in [0.4, 0.5) is 0 Å². The van der Waals surface area contributed by atoms with Crippen molar-refractivity contribution in [3.8, 4) is 44.5 Å². The minimum absolute atomic E-state index is 0.0627. The molecule has 0 radical (unpaired) electrons. The predicted molar refractivity (Wildman–Crippen MR) is 645 cm³/mol. The first-order valence-electron chi connectivity index (χ1n) is 54.5. The Bertz CT molecular complexity index is 7560. The Labute approximate surface area is 889 Å². The number of rotatable bonds is 8. The zero-order valence-electron chi connectivity index (χ0n) is 96.9. The summed E-state index contributed by atoms with van der Waals surface area (Å²) < 4.78 is 53.5. The fraction of sp³-hybridized carbons (Fsp3) is 0.387. The van der Waals surface area contributed by atoms with E-state index in [1.807, 2.05) is 0 Å². The average molecular weight is 1970 g/mol. The van der Waals surface area contributed by atoms with E-state index in [0.717, 1.165) is 64.9 Å². The Morgan fingerprint density at radius 2 is 0.322 bits per heavy atom. The van der Waals surface area contributed by atoms with Crippen molar-refractivity contribution in [3.63, 3.8) is 0 Å². The first-order valence-corrected chi connectivity index (χ1v) is 54.5. The Balaban J connectivity index is 0.000000147. The van der Waals surface area contributed by atoms with Gasteiger partial charge in [-0.1, -0.05) is 281 Å². The summed E-state index contributed by atoms with van der Waals surface area (Å²) in [5.41, 5.74) is 27.2. The fourth-order valence-corrected chi connectivity index (χ4v) is 23.9. The van der Waals surface area contributed by atoms with E-state index in [1.165, 1.54) is 197 Å². The lowest BCUT2D eigenvalue weighted by Gasteiger charge is -2.32. The van der Waals surface area contributed by atoms with E-state index >= 15 is 0 Å². The van der Waals surface area contributed by atoms with Gasteiger partial charge in [-0.15, -0.1) is 0 Å². The van der Waals surface area contributed by atoms with Gasteiger partial charge in [0.25, 0.3) is 0 Å². The SMILES string of the molecule is CC(C)(C)C.CC1(C)OB(c2cc3cc(B4OC(C)(C)C(C)(C)O4)cc4c5cc(B6OC(C)(C)C(C)(C)O6)cc6cc(B7OC(C)(C)C(C)(C)O7)cc(c(c2)c34)c65)OC1(C)C.Cc1cc(C(C)(C)C)cc(C)c1-c1cc2cc(-c3c(C)cc(C(C)(C)C)cc3C)cc3c4cc(-c5c(C)cc(C(C)(C)C)cc5C)cc5cc(-c6c(C)cc(C(C)(C)C)cc6C)cc(c(c1)c23)c54.c1cc2cccc3c4cccc5cccc(c(c1)c23)c54. The number of fused-ring (bicyclic) bond motifs is 6. The van der Waals surface area contributed by atoms with E-state index in [2.05, 4.69) is 495 Å². The molecule has 19 aromatic rings. The molecule has 23 rings (SSSR count). The second-order valence-electron chi connectivity index (χ2n) is 54.5. The topological polar surface area (TPSA) is 73.8 Å². The zero-order valence-corrected chi connectivity index (χ0v) is 96.9. The summed E-state index contributed by atoms with van der Waals surface area (Å²) in [5.74, 6) is 0. The van der Waals surface area contributed by atoms with Gasteiger partial charge in [0.05, 0.1) is 44.8 Å². The first-order chi connectivity index (χ1) is 69.1. The van der Waals surface area contributed by atoms with Gasteiger partial charge in [-0.25, -0.2) is 0 Å². The third kappa shape index (κ3) is 18.3. The maximum atomic E-state index is 6.69. The molecule has 0 N–H and O–H groups in total. The summed E-state index contributed by atoms with van der Waals surface area (Å²) in [6.45, 7) is 88.7. The third-order valence-corrected chi connectivity index (χ3v) is 34.7. The molecule has 4 aliphatic rings. The molecule has 0 unspecified atom stereocenters. The molecule has 149 heavy (non-hydrogen) atoms. The van der Waals surface area contributed by atoms with E-state index in [0.29, 0.717) is 5.41 Å². The van der Waals surface area contributed by atoms with E-state index in [9.17, 15) is 0 Å². The second-order valence-corrected chi connectivity index (χ2v) is 54.5. The van der Waals surface area contributed by atoms with Gasteiger partial charge in [0.1, 0.15) is 0 Å². The predicted octanol–water partition coefficient (Wildman–Crippen LogP) is 34.8. The molecule has 0 atom stereocenters. The highest BCUT2D eigenvalue weighted by molar-refractivity contribution is 6.66. The van der Waals surface area contributed by atoms with Crippen LogP contribution in [0.25, 0.3) is 174 Å². The smallest absolute Gasteiger partial charge is 0.399 e. The molecule has 0 saturated carbocycles. The summed E-state index contributed by atoms with van der Waals surface area (Å²) in [6.07, 6.45) is 0. The number of hydrogen-bond acceptors (Lipinski definition) is 8. The van der Waals surface area contributed by atoms with E-state index in [-0.39, 0.29) is 21.7 Å². The zero-order chi connectivity index (χ0) is 108. The molecular formula is C137H156B4O8. The molecular weight excluding hydrogens is 1820 g/mol. The van der Waals surface area contributed by atoms with Gasteiger partial charge >= 0.3 is 28.5 Å². The fourth-order valence-electron chi connectivity index (χ4n) is 23.9. The Hall–Kier alpha value is -11.0. The maximum Gasteiger partial charge on any atom is 0.494 e. The highest BCUT2D eigenvalue weighted by atomic mass is 16.7. The van der Waals surface area contributed by atoms with Gasteiger partial charge in [-0.2, -0.15) is 0 Å². The van der Waals surface area contributed by atoms with Gasteiger partial charge in [0.15, 0.2) is 0 Å². The molecule has 764 valence electrons. The van der Waals surface area contributed by atoms with E-state index in [1.54, 1.807) is 0 Å². The summed E-state index contributed by atoms with van der Waals surface area (Å²) in [6, 6.07) is 84.1. The second kappa shape index (κ2) is 35.6. The van der Waals surface area contributed by atoms with Crippen molar-refractivity contribution in [2.24, 2.45) is 5.41 Å². The van der Waals surface area contributed by atoms with Crippen LogP contribution < -0.4 is 21.9 Å². The molecule has 4 aliphatic heterocycles. The third-order valence-electron chi connectivity index (χ3n) is 34.7. The van der Waals surface area contributed by atoms with Gasteiger partial charge < -0.3 is 37.2 Å². The van der Waals surface area contributed by atoms with Crippen LogP contribution in [-0.4, -0.2) is 73.3 Å². The van der Waals surface area contributed by atoms with Crippen LogP contribution in [0.2, 0.25) is 0 Å². The summed E-state index contributed by atoms with van der Waals surface area (Å²) in [4.78, 5) is 0. The van der Waals surface area contributed by atoms with Gasteiger partial charge in [-0.3, -0.25) is 0 Å². The van der Waals surface area contributed by atoms with Crippen molar-refractivity contribution in [1.82, 2.24) is 0 Å². The van der Waals surface area contributed by atoms with E-state index < -0.39 is 73.3 Å². The number of benzene rings is 19. The lowest BCUT2D eigenvalue weighted by Crippen LogP contribution is -2.41. The number of aryl methyl sites for hydroxylation is 8. The van der Waals surface area contributed by atoms with Crippen molar-refractivity contribution < 1.29 is 37.2 Å². The quantitative estimate of drug-likeness (QED) is 0.0846. The van der Waals surface area contributed by atoms with Crippen LogP contribution >= 0.6 is 0 Å². The Morgan fingerprint density at radius 3 is 0.483 bits per heavy atom. The lowest BCUT2D eigenvalue weighted by atomic mass is 9.70. The molecule has 0 aromatic heterocycles. The first kappa shape index (κ1) is 105. The lowest BCUT2D eigenvalue weighted by molar-refractivity contribution is 0.00578. The highest BCUT2D eigenvalue weighted by Gasteiger charge is 2.56. The molecule has 8 nitrogen and oxygen atoms in total. The van der Waals surface area contributed by atoms with Gasteiger partial charge in [0.2, 0.25) is 0 Å². The molecule has 0 aliphatic carbocycles. The van der Waals surface area contributed by atoms with Crippen LogP contribution in [0.1, 0.15) is 288 Å². The molecule has 0 spiro atoms. The highest BCUT2D eigenvalue weighted by Crippen LogP contribution is 2.54.